The van der Waals surface area contributed by atoms with Crippen LogP contribution >= 0.6 is 0 Å². The highest BCUT2D eigenvalue weighted by Gasteiger charge is 2.41. The first-order valence-electron chi connectivity index (χ1n) is 3.56. The lowest BCUT2D eigenvalue weighted by atomic mass is 10.2. The SMILES string of the molecule is CC1(C)O[C@H](CF)[C@@H](CF)O1. The fourth-order valence-corrected chi connectivity index (χ4v) is 1.17. The van der Waals surface area contributed by atoms with Crippen LogP contribution in [0.1, 0.15) is 13.8 Å². The Kier molecular flexibility index (Phi) is 2.44. The van der Waals surface area contributed by atoms with Crippen LogP contribution in [-0.4, -0.2) is 31.3 Å². The Balaban J connectivity index is 2.55. The van der Waals surface area contributed by atoms with Gasteiger partial charge in [-0.25, -0.2) is 8.78 Å². The van der Waals surface area contributed by atoms with Crippen LogP contribution in [0, 0.1) is 0 Å². The van der Waals surface area contributed by atoms with E-state index in [9.17, 15) is 8.78 Å². The van der Waals surface area contributed by atoms with E-state index < -0.39 is 31.3 Å². The molecule has 1 aliphatic rings. The quantitative estimate of drug-likeness (QED) is 0.618. The molecular formula is C7H12F2O2. The van der Waals surface area contributed by atoms with Gasteiger partial charge >= 0.3 is 0 Å². The van der Waals surface area contributed by atoms with Gasteiger partial charge in [0.2, 0.25) is 0 Å². The van der Waals surface area contributed by atoms with Crippen molar-refractivity contribution in [2.24, 2.45) is 0 Å². The van der Waals surface area contributed by atoms with E-state index in [1.54, 1.807) is 13.8 Å². The molecule has 0 aliphatic carbocycles. The summed E-state index contributed by atoms with van der Waals surface area (Å²) in [6.45, 7) is 1.90. The van der Waals surface area contributed by atoms with Crippen LogP contribution in [-0.2, 0) is 9.47 Å². The molecular weight excluding hydrogens is 154 g/mol. The molecule has 0 aromatic carbocycles. The summed E-state index contributed by atoms with van der Waals surface area (Å²) in [5.41, 5.74) is 0. The molecule has 0 aromatic rings. The van der Waals surface area contributed by atoms with Gasteiger partial charge in [0.1, 0.15) is 25.6 Å². The van der Waals surface area contributed by atoms with Crippen LogP contribution in [0.25, 0.3) is 0 Å². The lowest BCUT2D eigenvalue weighted by molar-refractivity contribution is -0.148. The summed E-state index contributed by atoms with van der Waals surface area (Å²) < 4.78 is 34.3. The third kappa shape index (κ3) is 1.87. The Morgan fingerprint density at radius 1 is 1.09 bits per heavy atom. The van der Waals surface area contributed by atoms with E-state index in [2.05, 4.69) is 0 Å². The lowest BCUT2D eigenvalue weighted by Crippen LogP contribution is -2.26. The van der Waals surface area contributed by atoms with Gasteiger partial charge in [0.25, 0.3) is 0 Å². The summed E-state index contributed by atoms with van der Waals surface area (Å²) in [5, 5.41) is 0. The molecule has 0 aromatic heterocycles. The van der Waals surface area contributed by atoms with Crippen LogP contribution in [0.5, 0.6) is 0 Å². The monoisotopic (exact) mass is 166 g/mol. The van der Waals surface area contributed by atoms with E-state index >= 15 is 0 Å². The van der Waals surface area contributed by atoms with Gasteiger partial charge in [-0.2, -0.15) is 0 Å². The van der Waals surface area contributed by atoms with Crippen molar-refractivity contribution in [1.29, 1.82) is 0 Å². The second kappa shape index (κ2) is 3.03. The average molecular weight is 166 g/mol. The highest BCUT2D eigenvalue weighted by atomic mass is 19.1. The maximum atomic E-state index is 12.1. The third-order valence-electron chi connectivity index (χ3n) is 1.59. The van der Waals surface area contributed by atoms with E-state index in [0.717, 1.165) is 0 Å². The Morgan fingerprint density at radius 2 is 1.45 bits per heavy atom. The first kappa shape index (κ1) is 8.87. The third-order valence-corrected chi connectivity index (χ3v) is 1.59. The molecule has 4 heteroatoms. The molecule has 2 atom stereocenters. The fourth-order valence-electron chi connectivity index (χ4n) is 1.17. The molecule has 0 radical (unpaired) electrons. The topological polar surface area (TPSA) is 18.5 Å². The van der Waals surface area contributed by atoms with Gasteiger partial charge in [-0.1, -0.05) is 0 Å². The van der Waals surface area contributed by atoms with Gasteiger partial charge in [-0.05, 0) is 13.8 Å². The maximum Gasteiger partial charge on any atom is 0.164 e. The minimum Gasteiger partial charge on any atom is -0.342 e. The first-order chi connectivity index (χ1) is 5.09. The molecule has 1 saturated heterocycles. The van der Waals surface area contributed by atoms with Crippen molar-refractivity contribution in [2.45, 2.75) is 31.8 Å². The van der Waals surface area contributed by atoms with Gasteiger partial charge < -0.3 is 9.47 Å². The minimum absolute atomic E-state index is 0.696. The largest absolute Gasteiger partial charge is 0.342 e. The van der Waals surface area contributed by atoms with Crippen LogP contribution in [0.15, 0.2) is 0 Å². The minimum atomic E-state index is -0.840. The van der Waals surface area contributed by atoms with Crippen molar-refractivity contribution in [3.8, 4) is 0 Å². The Hall–Kier alpha value is -0.220. The molecule has 0 unspecified atom stereocenters. The van der Waals surface area contributed by atoms with Gasteiger partial charge in [0, 0.05) is 0 Å². The molecule has 66 valence electrons. The molecule has 1 rings (SSSR count). The Morgan fingerprint density at radius 3 is 1.73 bits per heavy atom. The van der Waals surface area contributed by atoms with E-state index in [0.29, 0.717) is 0 Å². The zero-order valence-electron chi connectivity index (χ0n) is 6.64. The number of ether oxygens (including phenoxy) is 2. The molecule has 0 saturated carbocycles. The molecule has 2 nitrogen and oxygen atoms in total. The van der Waals surface area contributed by atoms with Crippen LogP contribution in [0.4, 0.5) is 8.78 Å². The standard InChI is InChI=1S/C7H12F2O2/c1-7(2)10-5(3-8)6(4-9)11-7/h5-6H,3-4H2,1-2H3/t5-,6-/m1/s1. The first-order valence-corrected chi connectivity index (χ1v) is 3.56. The molecule has 0 N–H and O–H groups in total. The predicted octanol–water partition coefficient (Wildman–Crippen LogP) is 1.45. The molecule has 0 bridgehead atoms. The zero-order valence-corrected chi connectivity index (χ0v) is 6.64. The second-order valence-corrected chi connectivity index (χ2v) is 3.02. The Labute approximate surface area is 64.5 Å². The molecule has 1 heterocycles. The lowest BCUT2D eigenvalue weighted by Gasteiger charge is -2.15. The van der Waals surface area contributed by atoms with Crippen molar-refractivity contribution < 1.29 is 18.3 Å². The number of alkyl halides is 2. The smallest absolute Gasteiger partial charge is 0.164 e. The summed E-state index contributed by atoms with van der Waals surface area (Å²) in [6.07, 6.45) is -1.48. The van der Waals surface area contributed by atoms with Crippen LogP contribution in [0.2, 0.25) is 0 Å². The number of rotatable bonds is 2. The van der Waals surface area contributed by atoms with Crippen molar-refractivity contribution in [3.63, 3.8) is 0 Å². The van der Waals surface area contributed by atoms with E-state index in [1.165, 1.54) is 0 Å². The van der Waals surface area contributed by atoms with Crippen LogP contribution in [0.3, 0.4) is 0 Å². The number of halogens is 2. The van der Waals surface area contributed by atoms with Crippen molar-refractivity contribution >= 4 is 0 Å². The maximum absolute atomic E-state index is 12.1. The Bertz CT molecular complexity index is 124. The van der Waals surface area contributed by atoms with Crippen molar-refractivity contribution in [2.75, 3.05) is 13.3 Å². The van der Waals surface area contributed by atoms with Crippen LogP contribution < -0.4 is 0 Å². The number of hydrogen-bond acceptors (Lipinski definition) is 2. The molecule has 1 fully saturated rings. The summed E-state index contributed by atoms with van der Waals surface area (Å²) in [4.78, 5) is 0. The van der Waals surface area contributed by atoms with E-state index in [1.807, 2.05) is 0 Å². The molecule has 0 spiro atoms. The predicted molar refractivity (Wildman–Crippen MR) is 35.8 cm³/mol. The molecule has 1 aliphatic heterocycles. The molecule has 11 heavy (non-hydrogen) atoms. The van der Waals surface area contributed by atoms with Gasteiger partial charge in [0.05, 0.1) is 0 Å². The van der Waals surface area contributed by atoms with Gasteiger partial charge in [-0.3, -0.25) is 0 Å². The second-order valence-electron chi connectivity index (χ2n) is 3.02. The van der Waals surface area contributed by atoms with E-state index in [-0.39, 0.29) is 0 Å². The zero-order chi connectivity index (χ0) is 8.48. The summed E-state index contributed by atoms with van der Waals surface area (Å²) in [7, 11) is 0. The summed E-state index contributed by atoms with van der Waals surface area (Å²) in [6, 6.07) is 0. The highest BCUT2D eigenvalue weighted by molar-refractivity contribution is 4.80. The van der Waals surface area contributed by atoms with E-state index in [4.69, 9.17) is 9.47 Å². The van der Waals surface area contributed by atoms with Crippen molar-refractivity contribution in [1.82, 2.24) is 0 Å². The summed E-state index contributed by atoms with van der Waals surface area (Å²) >= 11 is 0. The average Bonchev–Trinajstić information content (AvgIpc) is 2.25. The van der Waals surface area contributed by atoms with Gasteiger partial charge in [0.15, 0.2) is 5.79 Å². The highest BCUT2D eigenvalue weighted by Crippen LogP contribution is 2.28. The fraction of sp³-hybridized carbons (Fsp3) is 1.00. The van der Waals surface area contributed by atoms with Gasteiger partial charge in [-0.15, -0.1) is 0 Å². The van der Waals surface area contributed by atoms with Crippen molar-refractivity contribution in [3.05, 3.63) is 0 Å². The molecule has 0 amide bonds. The normalized spacial score (nSPS) is 36.0. The summed E-state index contributed by atoms with van der Waals surface area (Å²) in [5.74, 6) is -0.840. The number of hydrogen-bond donors (Lipinski definition) is 0.